The average molecular weight is 369 g/mol. The molecule has 1 fully saturated rings. The predicted octanol–water partition coefficient (Wildman–Crippen LogP) is 5.01. The van der Waals surface area contributed by atoms with Gasteiger partial charge in [0.1, 0.15) is 10.8 Å². The number of aromatic nitrogens is 2. The minimum Gasteiger partial charge on any atom is -0.494 e. The van der Waals surface area contributed by atoms with Crippen molar-refractivity contribution in [1.82, 2.24) is 9.97 Å². The van der Waals surface area contributed by atoms with E-state index >= 15 is 0 Å². The molecule has 0 saturated carbocycles. The van der Waals surface area contributed by atoms with Gasteiger partial charge in [0.2, 0.25) is 0 Å². The third-order valence-corrected chi connectivity index (χ3v) is 5.52. The highest BCUT2D eigenvalue weighted by atomic mass is 32.1. The zero-order valence-electron chi connectivity index (χ0n) is 14.6. The number of hydrogen-bond donors (Lipinski definition) is 0. The summed E-state index contributed by atoms with van der Waals surface area (Å²) in [6.45, 7) is 2.12. The zero-order chi connectivity index (χ0) is 17.9. The third kappa shape index (κ3) is 3.42. The summed E-state index contributed by atoms with van der Waals surface area (Å²) in [5.41, 5.74) is 2.56. The van der Waals surface area contributed by atoms with Crippen LogP contribution >= 0.6 is 11.3 Å². The van der Waals surface area contributed by atoms with Crippen LogP contribution in [0, 0.1) is 5.82 Å². The van der Waals surface area contributed by atoms with Crippen LogP contribution < -0.4 is 9.64 Å². The molecule has 1 saturated heterocycles. The zero-order valence-corrected chi connectivity index (χ0v) is 15.4. The summed E-state index contributed by atoms with van der Waals surface area (Å²) in [5.74, 6) is 0.870. The van der Waals surface area contributed by atoms with E-state index in [4.69, 9.17) is 9.72 Å². The summed E-state index contributed by atoms with van der Waals surface area (Å²) in [4.78, 5) is 11.6. The van der Waals surface area contributed by atoms with Crippen LogP contribution in [0.1, 0.15) is 19.3 Å². The van der Waals surface area contributed by atoms with Crippen molar-refractivity contribution in [2.24, 2.45) is 0 Å². The third-order valence-electron chi connectivity index (χ3n) is 4.62. The highest BCUT2D eigenvalue weighted by Crippen LogP contribution is 2.32. The molecule has 1 aliphatic heterocycles. The van der Waals surface area contributed by atoms with E-state index in [1.165, 1.54) is 32.4 Å². The SMILES string of the molecule is COc1ccc(-c2csc(-c3ccnc(N4CCCCC4)c3)n2)cc1F. The monoisotopic (exact) mass is 369 g/mol. The van der Waals surface area contributed by atoms with Crippen molar-refractivity contribution in [3.05, 3.63) is 47.7 Å². The molecule has 0 atom stereocenters. The van der Waals surface area contributed by atoms with Gasteiger partial charge in [-0.1, -0.05) is 0 Å². The number of methoxy groups -OCH3 is 1. The van der Waals surface area contributed by atoms with Crippen LogP contribution in [0.15, 0.2) is 41.9 Å². The first-order chi connectivity index (χ1) is 12.7. The van der Waals surface area contributed by atoms with E-state index in [1.807, 2.05) is 23.7 Å². The lowest BCUT2D eigenvalue weighted by molar-refractivity contribution is 0.386. The Morgan fingerprint density at radius 2 is 1.92 bits per heavy atom. The predicted molar refractivity (Wildman–Crippen MR) is 103 cm³/mol. The van der Waals surface area contributed by atoms with Crippen LogP contribution in [0.25, 0.3) is 21.8 Å². The molecule has 0 radical (unpaired) electrons. The van der Waals surface area contributed by atoms with Crippen molar-refractivity contribution >= 4 is 17.2 Å². The molecule has 2 aromatic heterocycles. The highest BCUT2D eigenvalue weighted by Gasteiger charge is 2.14. The van der Waals surface area contributed by atoms with Crippen molar-refractivity contribution in [3.8, 4) is 27.6 Å². The van der Waals surface area contributed by atoms with Crippen LogP contribution in [0.4, 0.5) is 10.2 Å². The van der Waals surface area contributed by atoms with Crippen LogP contribution in [-0.4, -0.2) is 30.2 Å². The van der Waals surface area contributed by atoms with E-state index in [0.29, 0.717) is 0 Å². The van der Waals surface area contributed by atoms with E-state index in [0.717, 1.165) is 40.7 Å². The summed E-state index contributed by atoms with van der Waals surface area (Å²) < 4.78 is 18.9. The van der Waals surface area contributed by atoms with Gasteiger partial charge in [-0.15, -0.1) is 11.3 Å². The van der Waals surface area contributed by atoms with E-state index in [1.54, 1.807) is 17.4 Å². The Balaban J connectivity index is 1.61. The number of piperidine rings is 1. The molecule has 0 spiro atoms. The normalized spacial score (nSPS) is 14.5. The van der Waals surface area contributed by atoms with Gasteiger partial charge < -0.3 is 9.64 Å². The molecular weight excluding hydrogens is 349 g/mol. The topological polar surface area (TPSA) is 38.2 Å². The molecule has 1 aromatic carbocycles. The lowest BCUT2D eigenvalue weighted by Gasteiger charge is -2.27. The molecule has 134 valence electrons. The van der Waals surface area contributed by atoms with Crippen molar-refractivity contribution < 1.29 is 9.13 Å². The highest BCUT2D eigenvalue weighted by molar-refractivity contribution is 7.13. The average Bonchev–Trinajstić information content (AvgIpc) is 3.19. The van der Waals surface area contributed by atoms with Gasteiger partial charge >= 0.3 is 0 Å². The number of anilines is 1. The minimum atomic E-state index is -0.379. The van der Waals surface area contributed by atoms with Crippen molar-refractivity contribution in [1.29, 1.82) is 0 Å². The molecule has 0 aliphatic carbocycles. The molecule has 4 nitrogen and oxygen atoms in total. The Morgan fingerprint density at radius 3 is 2.69 bits per heavy atom. The van der Waals surface area contributed by atoms with Gasteiger partial charge in [-0.2, -0.15) is 0 Å². The summed E-state index contributed by atoms with van der Waals surface area (Å²) in [6, 6.07) is 8.99. The Labute approximate surface area is 156 Å². The molecule has 1 aliphatic rings. The van der Waals surface area contributed by atoms with Crippen LogP contribution in [0.5, 0.6) is 5.75 Å². The summed E-state index contributed by atoms with van der Waals surface area (Å²) in [7, 11) is 1.46. The van der Waals surface area contributed by atoms with E-state index < -0.39 is 0 Å². The number of rotatable bonds is 4. The van der Waals surface area contributed by atoms with E-state index in [2.05, 4.69) is 16.0 Å². The molecule has 0 unspecified atom stereocenters. The van der Waals surface area contributed by atoms with E-state index in [9.17, 15) is 4.39 Å². The van der Waals surface area contributed by atoms with Crippen molar-refractivity contribution in [3.63, 3.8) is 0 Å². The molecule has 0 amide bonds. The minimum absolute atomic E-state index is 0.240. The van der Waals surface area contributed by atoms with Crippen LogP contribution in [0.3, 0.4) is 0 Å². The van der Waals surface area contributed by atoms with Gasteiger partial charge in [0.05, 0.1) is 12.8 Å². The van der Waals surface area contributed by atoms with Crippen LogP contribution in [-0.2, 0) is 0 Å². The number of hydrogen-bond acceptors (Lipinski definition) is 5. The Bertz CT molecular complexity index is 906. The molecule has 4 rings (SSSR count). The molecule has 0 bridgehead atoms. The first kappa shape index (κ1) is 17.0. The number of nitrogens with zero attached hydrogens (tertiary/aromatic N) is 3. The quantitative estimate of drug-likeness (QED) is 0.648. The van der Waals surface area contributed by atoms with Gasteiger partial charge in [-0.05, 0) is 49.6 Å². The standard InChI is InChI=1S/C20H20FN3OS/c1-25-18-6-5-14(11-16(18)21)17-13-26-20(23-17)15-7-8-22-19(12-15)24-9-3-2-4-10-24/h5-8,11-13H,2-4,9-10H2,1H3. The largest absolute Gasteiger partial charge is 0.494 e. The number of thiazole rings is 1. The lowest BCUT2D eigenvalue weighted by atomic mass is 10.1. The second kappa shape index (κ2) is 7.41. The van der Waals surface area contributed by atoms with Crippen molar-refractivity contribution in [2.45, 2.75) is 19.3 Å². The molecular formula is C20H20FN3OS. The second-order valence-electron chi connectivity index (χ2n) is 6.34. The lowest BCUT2D eigenvalue weighted by Crippen LogP contribution is -2.30. The number of benzene rings is 1. The van der Waals surface area contributed by atoms with Crippen LogP contribution in [0.2, 0.25) is 0 Å². The fraction of sp³-hybridized carbons (Fsp3) is 0.300. The Hall–Kier alpha value is -2.47. The van der Waals surface area contributed by atoms with Crippen molar-refractivity contribution in [2.75, 3.05) is 25.1 Å². The number of pyridine rings is 1. The van der Waals surface area contributed by atoms with E-state index in [-0.39, 0.29) is 11.6 Å². The summed E-state index contributed by atoms with van der Waals surface area (Å²) >= 11 is 1.56. The maximum atomic E-state index is 14.0. The molecule has 6 heteroatoms. The fourth-order valence-corrected chi connectivity index (χ4v) is 4.04. The Kier molecular flexibility index (Phi) is 4.84. The van der Waals surface area contributed by atoms with Gasteiger partial charge in [0.25, 0.3) is 0 Å². The maximum Gasteiger partial charge on any atom is 0.165 e. The second-order valence-corrected chi connectivity index (χ2v) is 7.20. The smallest absolute Gasteiger partial charge is 0.165 e. The first-order valence-electron chi connectivity index (χ1n) is 8.75. The summed E-state index contributed by atoms with van der Waals surface area (Å²) in [5, 5.41) is 2.87. The Morgan fingerprint density at radius 1 is 1.08 bits per heavy atom. The fourth-order valence-electron chi connectivity index (χ4n) is 3.21. The van der Waals surface area contributed by atoms with Gasteiger partial charge in [0.15, 0.2) is 11.6 Å². The number of halogens is 1. The first-order valence-corrected chi connectivity index (χ1v) is 9.63. The molecule has 3 heterocycles. The molecule has 0 N–H and O–H groups in total. The van der Waals surface area contributed by atoms with Gasteiger partial charge in [-0.25, -0.2) is 14.4 Å². The maximum absolute atomic E-state index is 14.0. The number of ether oxygens (including phenoxy) is 1. The van der Waals surface area contributed by atoms with Gasteiger partial charge in [0, 0.05) is 35.8 Å². The van der Waals surface area contributed by atoms with Gasteiger partial charge in [-0.3, -0.25) is 0 Å². The summed E-state index contributed by atoms with van der Waals surface area (Å²) in [6.07, 6.45) is 5.57. The molecule has 3 aromatic rings. The molecule has 26 heavy (non-hydrogen) atoms.